The fraction of sp³-hybridized carbons (Fsp3) is 0.500. The molecular formula is C14H17ClN2O3S. The molecule has 0 saturated heterocycles. The molecule has 2 unspecified atom stereocenters. The molecular weight excluding hydrogens is 312 g/mol. The van der Waals surface area contributed by atoms with Crippen LogP contribution >= 0.6 is 11.6 Å². The Morgan fingerprint density at radius 3 is 2.81 bits per heavy atom. The number of nitrogens with zero attached hydrogens (tertiary/aromatic N) is 1. The van der Waals surface area contributed by atoms with Crippen molar-refractivity contribution in [3.05, 3.63) is 28.8 Å². The number of nitriles is 1. The Bertz CT molecular complexity index is 655. The zero-order valence-corrected chi connectivity index (χ0v) is 13.0. The third-order valence-electron chi connectivity index (χ3n) is 3.67. The first kappa shape index (κ1) is 16.2. The maximum absolute atomic E-state index is 12.2. The lowest BCUT2D eigenvalue weighted by molar-refractivity contribution is 0.102. The van der Waals surface area contributed by atoms with E-state index in [0.717, 1.165) is 19.3 Å². The first-order valence-electron chi connectivity index (χ1n) is 6.80. The van der Waals surface area contributed by atoms with E-state index in [1.54, 1.807) is 0 Å². The topological polar surface area (TPSA) is 90.2 Å². The molecule has 2 atom stereocenters. The van der Waals surface area contributed by atoms with Gasteiger partial charge in [0.2, 0.25) is 10.0 Å². The zero-order chi connectivity index (χ0) is 15.5. The van der Waals surface area contributed by atoms with Gasteiger partial charge in [-0.2, -0.15) is 5.26 Å². The molecule has 0 heterocycles. The smallest absolute Gasteiger partial charge is 0.242 e. The zero-order valence-electron chi connectivity index (χ0n) is 11.4. The minimum Gasteiger partial charge on any atom is -0.393 e. The molecule has 114 valence electrons. The summed E-state index contributed by atoms with van der Waals surface area (Å²) in [6.07, 6.45) is 2.87. The van der Waals surface area contributed by atoms with Gasteiger partial charge in [-0.15, -0.1) is 0 Å². The number of aliphatic hydroxyl groups excluding tert-OH is 1. The van der Waals surface area contributed by atoms with Crippen LogP contribution in [0.25, 0.3) is 0 Å². The third kappa shape index (κ3) is 4.17. The molecule has 21 heavy (non-hydrogen) atoms. The summed E-state index contributed by atoms with van der Waals surface area (Å²) in [5.41, 5.74) is 0.314. The Morgan fingerprint density at radius 2 is 2.19 bits per heavy atom. The molecule has 1 saturated carbocycles. The molecule has 2 rings (SSSR count). The largest absolute Gasteiger partial charge is 0.393 e. The van der Waals surface area contributed by atoms with Gasteiger partial charge in [0.25, 0.3) is 0 Å². The lowest BCUT2D eigenvalue weighted by atomic mass is 9.87. The Labute approximate surface area is 129 Å². The first-order valence-corrected chi connectivity index (χ1v) is 8.66. The number of rotatable bonds is 4. The van der Waals surface area contributed by atoms with Crippen molar-refractivity contribution in [2.45, 2.75) is 36.7 Å². The van der Waals surface area contributed by atoms with Crippen LogP contribution in [0.2, 0.25) is 5.02 Å². The SMILES string of the molecule is N#Cc1ccc(S(=O)(=O)NCC2CCCC(O)C2)c(Cl)c1. The molecule has 0 amide bonds. The van der Waals surface area contributed by atoms with Gasteiger partial charge in [-0.3, -0.25) is 0 Å². The van der Waals surface area contributed by atoms with E-state index < -0.39 is 10.0 Å². The summed E-state index contributed by atoms with van der Waals surface area (Å²) in [6.45, 7) is 0.287. The number of nitrogens with one attached hydrogen (secondary N) is 1. The van der Waals surface area contributed by atoms with Crippen molar-refractivity contribution in [2.75, 3.05) is 6.54 Å². The Kier molecular flexibility index (Phi) is 5.22. The maximum atomic E-state index is 12.2. The highest BCUT2D eigenvalue weighted by molar-refractivity contribution is 7.89. The molecule has 0 bridgehead atoms. The maximum Gasteiger partial charge on any atom is 0.242 e. The summed E-state index contributed by atoms with van der Waals surface area (Å²) in [7, 11) is -3.71. The van der Waals surface area contributed by atoms with Gasteiger partial charge in [0.15, 0.2) is 0 Å². The molecule has 1 aromatic rings. The van der Waals surface area contributed by atoms with Crippen molar-refractivity contribution in [1.29, 1.82) is 5.26 Å². The summed E-state index contributed by atoms with van der Waals surface area (Å²) in [4.78, 5) is -0.0282. The number of hydrogen-bond acceptors (Lipinski definition) is 4. The van der Waals surface area contributed by atoms with E-state index in [-0.39, 0.29) is 28.5 Å². The number of halogens is 1. The number of sulfonamides is 1. The van der Waals surface area contributed by atoms with Gasteiger partial charge in [0.05, 0.1) is 22.8 Å². The van der Waals surface area contributed by atoms with Crippen LogP contribution in [0.3, 0.4) is 0 Å². The molecule has 0 aromatic heterocycles. The van der Waals surface area contributed by atoms with Crippen LogP contribution < -0.4 is 4.72 Å². The molecule has 1 aromatic carbocycles. The van der Waals surface area contributed by atoms with E-state index in [2.05, 4.69) is 4.72 Å². The summed E-state index contributed by atoms with van der Waals surface area (Å²) >= 11 is 5.93. The molecule has 1 fully saturated rings. The van der Waals surface area contributed by atoms with Crippen LogP contribution in [0, 0.1) is 17.2 Å². The summed E-state index contributed by atoms with van der Waals surface area (Å²) in [5.74, 6) is 0.140. The molecule has 0 spiro atoms. The fourth-order valence-electron chi connectivity index (χ4n) is 2.54. The van der Waals surface area contributed by atoms with Crippen molar-refractivity contribution >= 4 is 21.6 Å². The Hall–Kier alpha value is -1.13. The molecule has 2 N–H and O–H groups in total. The van der Waals surface area contributed by atoms with Crippen LogP contribution in [0.4, 0.5) is 0 Å². The minimum absolute atomic E-state index is 0.0282. The molecule has 0 aliphatic heterocycles. The van der Waals surface area contributed by atoms with E-state index in [0.29, 0.717) is 12.0 Å². The lowest BCUT2D eigenvalue weighted by Gasteiger charge is -2.25. The van der Waals surface area contributed by atoms with Gasteiger partial charge < -0.3 is 5.11 Å². The van der Waals surface area contributed by atoms with Gasteiger partial charge in [0, 0.05) is 6.54 Å². The summed E-state index contributed by atoms with van der Waals surface area (Å²) in [5, 5.41) is 18.4. The van der Waals surface area contributed by atoms with Crippen LogP contribution in [-0.2, 0) is 10.0 Å². The monoisotopic (exact) mass is 328 g/mol. The second kappa shape index (κ2) is 6.75. The summed E-state index contributed by atoms with van der Waals surface area (Å²) < 4.78 is 27.0. The molecule has 0 radical (unpaired) electrons. The molecule has 1 aliphatic rings. The van der Waals surface area contributed by atoms with Crippen LogP contribution in [0.15, 0.2) is 23.1 Å². The van der Waals surface area contributed by atoms with Crippen molar-refractivity contribution in [1.82, 2.24) is 4.72 Å². The number of benzene rings is 1. The van der Waals surface area contributed by atoms with Gasteiger partial charge in [-0.1, -0.05) is 18.0 Å². The van der Waals surface area contributed by atoms with Crippen molar-refractivity contribution < 1.29 is 13.5 Å². The highest BCUT2D eigenvalue weighted by Crippen LogP contribution is 2.25. The van der Waals surface area contributed by atoms with Crippen molar-refractivity contribution in [2.24, 2.45) is 5.92 Å². The van der Waals surface area contributed by atoms with Crippen LogP contribution in [-0.4, -0.2) is 26.2 Å². The summed E-state index contributed by atoms with van der Waals surface area (Å²) in [6, 6.07) is 6.00. The van der Waals surface area contributed by atoms with Crippen molar-refractivity contribution in [3.8, 4) is 6.07 Å². The van der Waals surface area contributed by atoms with E-state index in [1.807, 2.05) is 6.07 Å². The average molecular weight is 329 g/mol. The molecule has 7 heteroatoms. The Balaban J connectivity index is 2.06. The predicted molar refractivity (Wildman–Crippen MR) is 79.3 cm³/mol. The van der Waals surface area contributed by atoms with Gasteiger partial charge >= 0.3 is 0 Å². The Morgan fingerprint density at radius 1 is 1.43 bits per heavy atom. The lowest BCUT2D eigenvalue weighted by Crippen LogP contribution is -2.33. The normalized spacial score (nSPS) is 22.7. The molecule has 5 nitrogen and oxygen atoms in total. The second-order valence-electron chi connectivity index (χ2n) is 5.30. The van der Waals surface area contributed by atoms with E-state index in [1.165, 1.54) is 18.2 Å². The van der Waals surface area contributed by atoms with Crippen molar-refractivity contribution in [3.63, 3.8) is 0 Å². The fourth-order valence-corrected chi connectivity index (χ4v) is 4.20. The first-order chi connectivity index (χ1) is 9.92. The number of aliphatic hydroxyl groups is 1. The van der Waals surface area contributed by atoms with E-state index in [4.69, 9.17) is 16.9 Å². The quantitative estimate of drug-likeness (QED) is 0.885. The highest BCUT2D eigenvalue weighted by Gasteiger charge is 2.23. The minimum atomic E-state index is -3.71. The standard InChI is InChI=1S/C14H17ClN2O3S/c15-13-7-10(8-16)4-5-14(13)21(19,20)17-9-11-2-1-3-12(18)6-11/h4-5,7,11-12,17-18H,1-3,6,9H2. The molecule has 1 aliphatic carbocycles. The van der Waals surface area contributed by atoms with Gasteiger partial charge in [-0.25, -0.2) is 13.1 Å². The average Bonchev–Trinajstić information content (AvgIpc) is 2.45. The number of hydrogen-bond donors (Lipinski definition) is 2. The van der Waals surface area contributed by atoms with Gasteiger partial charge in [0.1, 0.15) is 4.90 Å². The van der Waals surface area contributed by atoms with Crippen LogP contribution in [0.1, 0.15) is 31.2 Å². The van der Waals surface area contributed by atoms with E-state index in [9.17, 15) is 13.5 Å². The van der Waals surface area contributed by atoms with Crippen LogP contribution in [0.5, 0.6) is 0 Å². The second-order valence-corrected chi connectivity index (χ2v) is 7.44. The highest BCUT2D eigenvalue weighted by atomic mass is 35.5. The third-order valence-corrected chi connectivity index (χ3v) is 5.57. The predicted octanol–water partition coefficient (Wildman–Crippen LogP) is 2.04. The van der Waals surface area contributed by atoms with Gasteiger partial charge in [-0.05, 0) is 43.4 Å². The van der Waals surface area contributed by atoms with E-state index >= 15 is 0 Å².